The Kier molecular flexibility index (Phi) is 8.00. The summed E-state index contributed by atoms with van der Waals surface area (Å²) < 4.78 is 2.38. The van der Waals surface area contributed by atoms with Crippen molar-refractivity contribution >= 4 is 39.7 Å². The number of amides is 1. The van der Waals surface area contributed by atoms with Gasteiger partial charge in [-0.05, 0) is 85.8 Å². The normalized spacial score (nSPS) is 16.5. The Balaban J connectivity index is 1.34. The molecule has 3 heterocycles. The molecule has 43 heavy (non-hydrogen) atoms. The fourth-order valence-electron chi connectivity index (χ4n) is 6.51. The van der Waals surface area contributed by atoms with Crippen molar-refractivity contribution < 1.29 is 4.79 Å². The van der Waals surface area contributed by atoms with Gasteiger partial charge in [0.05, 0.1) is 23.5 Å². The standard InChI is InChI=1S/C36H37N5OS/c1-5-26-14-10-12-23(2)34(26)41-24(3)22-29(25(41)4)35-33(31-17-8-9-20-37-31)39-36(43)40(35)21-19-32(42)38-30-18-11-15-27-13-6-7-16-28(27)30/h6-18,20,22,33,35H,5,19,21H2,1-4H3,(H,38,42)(H,39,43)/t33-,35-/m0/s1. The number of hydrogen-bond acceptors (Lipinski definition) is 3. The number of carbonyl (C=O) groups is 1. The maximum absolute atomic E-state index is 13.3. The zero-order valence-electron chi connectivity index (χ0n) is 25.1. The minimum atomic E-state index is -0.147. The van der Waals surface area contributed by atoms with E-state index in [1.54, 1.807) is 0 Å². The zero-order valence-corrected chi connectivity index (χ0v) is 25.9. The first-order valence-electron chi connectivity index (χ1n) is 14.9. The van der Waals surface area contributed by atoms with Crippen LogP contribution in [0.25, 0.3) is 16.5 Å². The second-order valence-corrected chi connectivity index (χ2v) is 11.6. The van der Waals surface area contributed by atoms with Gasteiger partial charge < -0.3 is 20.1 Å². The molecule has 0 aliphatic carbocycles. The van der Waals surface area contributed by atoms with Crippen molar-refractivity contribution in [3.8, 4) is 5.69 Å². The number of nitrogens with zero attached hydrogens (tertiary/aromatic N) is 3. The Bertz CT molecular complexity index is 1810. The van der Waals surface area contributed by atoms with E-state index in [9.17, 15) is 4.79 Å². The van der Waals surface area contributed by atoms with E-state index in [4.69, 9.17) is 17.2 Å². The first kappa shape index (κ1) is 28.6. The van der Waals surface area contributed by atoms with Gasteiger partial charge in [-0.2, -0.15) is 0 Å². The van der Waals surface area contributed by atoms with Crippen LogP contribution in [0.4, 0.5) is 5.69 Å². The Morgan fingerprint density at radius 2 is 1.74 bits per heavy atom. The van der Waals surface area contributed by atoms with Crippen LogP contribution in [0.3, 0.4) is 0 Å². The topological polar surface area (TPSA) is 62.2 Å². The highest BCUT2D eigenvalue weighted by Crippen LogP contribution is 2.42. The Labute approximate surface area is 258 Å². The van der Waals surface area contributed by atoms with Gasteiger partial charge >= 0.3 is 0 Å². The molecule has 1 amide bonds. The highest BCUT2D eigenvalue weighted by molar-refractivity contribution is 7.80. The van der Waals surface area contributed by atoms with Crippen molar-refractivity contribution in [1.29, 1.82) is 0 Å². The molecule has 2 atom stereocenters. The third kappa shape index (κ3) is 5.41. The van der Waals surface area contributed by atoms with Gasteiger partial charge in [-0.1, -0.05) is 67.6 Å². The van der Waals surface area contributed by atoms with Crippen LogP contribution in [0, 0.1) is 20.8 Å². The summed E-state index contributed by atoms with van der Waals surface area (Å²) in [6, 6.07) is 28.6. The molecule has 0 radical (unpaired) electrons. The van der Waals surface area contributed by atoms with Crippen molar-refractivity contribution in [2.24, 2.45) is 0 Å². The number of thiocarbonyl (C=S) groups is 1. The highest BCUT2D eigenvalue weighted by Gasteiger charge is 2.41. The van der Waals surface area contributed by atoms with Gasteiger partial charge in [0.2, 0.25) is 5.91 Å². The quantitative estimate of drug-likeness (QED) is 0.184. The van der Waals surface area contributed by atoms with Crippen molar-refractivity contribution in [2.45, 2.75) is 52.6 Å². The maximum Gasteiger partial charge on any atom is 0.226 e. The van der Waals surface area contributed by atoms with Crippen molar-refractivity contribution in [1.82, 2.24) is 19.8 Å². The summed E-state index contributed by atoms with van der Waals surface area (Å²) in [5.41, 5.74) is 9.07. The van der Waals surface area contributed by atoms with Crippen LogP contribution in [0.1, 0.15) is 59.2 Å². The third-order valence-electron chi connectivity index (χ3n) is 8.56. The van der Waals surface area contributed by atoms with Gasteiger partial charge in [0.1, 0.15) is 0 Å². The number of benzene rings is 3. The van der Waals surface area contributed by atoms with Gasteiger partial charge in [0, 0.05) is 41.6 Å². The number of para-hydroxylation sites is 1. The smallest absolute Gasteiger partial charge is 0.226 e. The molecule has 6 rings (SSSR count). The first-order chi connectivity index (χ1) is 20.9. The van der Waals surface area contributed by atoms with Gasteiger partial charge in [0.25, 0.3) is 0 Å². The molecule has 218 valence electrons. The fourth-order valence-corrected chi connectivity index (χ4v) is 6.84. The lowest BCUT2D eigenvalue weighted by atomic mass is 9.96. The monoisotopic (exact) mass is 587 g/mol. The highest BCUT2D eigenvalue weighted by atomic mass is 32.1. The lowest BCUT2D eigenvalue weighted by molar-refractivity contribution is -0.116. The van der Waals surface area contributed by atoms with Crippen LogP contribution < -0.4 is 10.6 Å². The van der Waals surface area contributed by atoms with Crippen molar-refractivity contribution in [3.63, 3.8) is 0 Å². The minimum absolute atomic E-state index is 0.0443. The second-order valence-electron chi connectivity index (χ2n) is 11.2. The summed E-state index contributed by atoms with van der Waals surface area (Å²) in [5.74, 6) is -0.0443. The first-order valence-corrected chi connectivity index (χ1v) is 15.3. The minimum Gasteiger partial charge on any atom is -0.352 e. The lowest BCUT2D eigenvalue weighted by Gasteiger charge is -2.28. The number of carbonyl (C=O) groups excluding carboxylic acids is 1. The van der Waals surface area contributed by atoms with Crippen LogP contribution >= 0.6 is 12.2 Å². The number of aromatic nitrogens is 2. The van der Waals surface area contributed by atoms with Crippen molar-refractivity contribution in [3.05, 3.63) is 125 Å². The molecule has 1 aliphatic rings. The van der Waals surface area contributed by atoms with Crippen LogP contribution in [0.15, 0.2) is 91.1 Å². The SMILES string of the molecule is CCc1cccc(C)c1-n1c(C)cc([C@H]2[C@H](c3ccccn3)NC(=S)N2CCC(=O)Nc2cccc3ccccc23)c1C. The van der Waals surface area contributed by atoms with Gasteiger partial charge in [0.15, 0.2) is 5.11 Å². The molecular weight excluding hydrogens is 550 g/mol. The largest absolute Gasteiger partial charge is 0.352 e. The van der Waals surface area contributed by atoms with Crippen molar-refractivity contribution in [2.75, 3.05) is 11.9 Å². The molecule has 1 fully saturated rings. The number of fused-ring (bicyclic) bond motifs is 1. The molecule has 2 N–H and O–H groups in total. The Morgan fingerprint density at radius 1 is 0.977 bits per heavy atom. The molecule has 1 saturated heterocycles. The summed E-state index contributed by atoms with van der Waals surface area (Å²) in [5, 5.41) is 9.45. The van der Waals surface area contributed by atoms with Gasteiger partial charge in [-0.25, -0.2) is 0 Å². The van der Waals surface area contributed by atoms with Gasteiger partial charge in [-0.15, -0.1) is 0 Å². The molecule has 6 nitrogen and oxygen atoms in total. The van der Waals surface area contributed by atoms with Crippen LogP contribution in [-0.4, -0.2) is 32.0 Å². The summed E-state index contributed by atoms with van der Waals surface area (Å²) in [7, 11) is 0. The maximum atomic E-state index is 13.3. The van der Waals surface area contributed by atoms with E-state index in [1.165, 1.54) is 33.8 Å². The summed E-state index contributed by atoms with van der Waals surface area (Å²) >= 11 is 5.92. The second kappa shape index (κ2) is 12.0. The fraction of sp³-hybridized carbons (Fsp3) is 0.250. The van der Waals surface area contributed by atoms with Gasteiger partial charge in [-0.3, -0.25) is 9.78 Å². The molecule has 7 heteroatoms. The van der Waals surface area contributed by atoms with E-state index in [2.05, 4.69) is 84.2 Å². The van der Waals surface area contributed by atoms with Crippen LogP contribution in [0.2, 0.25) is 0 Å². The third-order valence-corrected chi connectivity index (χ3v) is 8.91. The van der Waals surface area contributed by atoms with Crippen LogP contribution in [-0.2, 0) is 11.2 Å². The molecule has 5 aromatic rings. The molecule has 2 aromatic heterocycles. The van der Waals surface area contributed by atoms with Crippen LogP contribution in [0.5, 0.6) is 0 Å². The molecule has 0 bridgehead atoms. The summed E-state index contributed by atoms with van der Waals surface area (Å²) in [4.78, 5) is 20.2. The van der Waals surface area contributed by atoms with E-state index >= 15 is 0 Å². The average Bonchev–Trinajstić information content (AvgIpc) is 3.50. The van der Waals surface area contributed by atoms with E-state index in [-0.39, 0.29) is 18.0 Å². The number of rotatable bonds is 8. The number of hydrogen-bond donors (Lipinski definition) is 2. The van der Waals surface area contributed by atoms with E-state index in [0.29, 0.717) is 18.1 Å². The Hall–Kier alpha value is -4.49. The molecule has 0 unspecified atom stereocenters. The molecular formula is C36H37N5OS. The molecule has 0 spiro atoms. The number of nitrogens with one attached hydrogen (secondary N) is 2. The number of aryl methyl sites for hydroxylation is 3. The Morgan fingerprint density at radius 3 is 2.53 bits per heavy atom. The summed E-state index contributed by atoms with van der Waals surface area (Å²) in [6.45, 7) is 9.22. The predicted molar refractivity (Wildman–Crippen MR) is 179 cm³/mol. The number of pyridine rings is 1. The van der Waals surface area contributed by atoms with E-state index < -0.39 is 0 Å². The number of anilines is 1. The molecule has 1 aliphatic heterocycles. The zero-order chi connectivity index (χ0) is 30.1. The van der Waals surface area contributed by atoms with E-state index in [1.807, 2.05) is 54.7 Å². The molecule has 3 aromatic carbocycles. The molecule has 0 saturated carbocycles. The lowest BCUT2D eigenvalue weighted by Crippen LogP contribution is -2.33. The predicted octanol–water partition coefficient (Wildman–Crippen LogP) is 7.51. The summed E-state index contributed by atoms with van der Waals surface area (Å²) in [6.07, 6.45) is 3.07. The average molecular weight is 588 g/mol. The van der Waals surface area contributed by atoms with E-state index in [0.717, 1.165) is 28.6 Å².